The summed E-state index contributed by atoms with van der Waals surface area (Å²) in [5.74, 6) is 0.622. The van der Waals surface area contributed by atoms with Gasteiger partial charge < -0.3 is 24.6 Å². The quantitative estimate of drug-likeness (QED) is 0.0400. The van der Waals surface area contributed by atoms with E-state index in [2.05, 4.69) is 116 Å². The molecule has 13 nitrogen and oxygen atoms in total. The number of aliphatic hydroxyl groups is 1. The summed E-state index contributed by atoms with van der Waals surface area (Å²) in [6, 6.07) is 50.5. The van der Waals surface area contributed by atoms with Gasteiger partial charge in [-0.2, -0.15) is 5.21 Å². The molecule has 0 unspecified atom stereocenters. The highest BCUT2D eigenvalue weighted by molar-refractivity contribution is 6.30. The number of ether oxygens (including phenoxy) is 1. The van der Waals surface area contributed by atoms with Crippen LogP contribution in [0.15, 0.2) is 152 Å². The number of hydrogen-bond acceptors (Lipinski definition) is 9. The van der Waals surface area contributed by atoms with E-state index in [4.69, 9.17) is 21.4 Å². The number of carboxylic acids is 2. The predicted octanol–water partition coefficient (Wildman–Crippen LogP) is 11.3. The molecule has 8 rings (SSSR count). The van der Waals surface area contributed by atoms with Crippen molar-refractivity contribution in [1.82, 2.24) is 35.1 Å². The zero-order valence-electron chi connectivity index (χ0n) is 40.7. The van der Waals surface area contributed by atoms with E-state index < -0.39 is 11.9 Å². The molecule has 4 N–H and O–H groups in total. The molecule has 2 heterocycles. The second-order valence-electron chi connectivity index (χ2n) is 17.7. The zero-order valence-corrected chi connectivity index (χ0v) is 41.4. The lowest BCUT2D eigenvalue weighted by molar-refractivity contribution is -0.137. The number of aliphatic carboxylic acids is 1. The van der Waals surface area contributed by atoms with Crippen LogP contribution < -0.4 is 4.74 Å². The summed E-state index contributed by atoms with van der Waals surface area (Å²) in [6.45, 7) is 5.30. The molecule has 0 radical (unpaired) electrons. The van der Waals surface area contributed by atoms with Crippen LogP contribution in [-0.2, 0) is 56.8 Å². The van der Waals surface area contributed by atoms with Crippen molar-refractivity contribution in [2.45, 2.75) is 91.0 Å². The molecule has 72 heavy (non-hydrogen) atoms. The molecular formula is C58H62ClN7O6. The third kappa shape index (κ3) is 15.5. The molecule has 372 valence electrons. The lowest BCUT2D eigenvalue weighted by atomic mass is 9.98. The van der Waals surface area contributed by atoms with Crippen LogP contribution in [0.2, 0.25) is 5.15 Å². The van der Waals surface area contributed by atoms with Crippen LogP contribution in [0.3, 0.4) is 0 Å². The number of para-hydroxylation sites is 1. The molecule has 2 aromatic heterocycles. The normalized spacial score (nSPS) is 11.1. The third-order valence-corrected chi connectivity index (χ3v) is 12.8. The number of aromatic amines is 1. The fraction of sp³-hybridized carbons (Fsp3) is 0.276. The van der Waals surface area contributed by atoms with E-state index in [-0.39, 0.29) is 18.6 Å². The lowest BCUT2D eigenvalue weighted by Crippen LogP contribution is -2.27. The SMILES string of the molecule is CCCCc1nc(Cl)c(CO)n1Cc1ccc(-c2ccccc2-c2nn[nH]n2)cc1.O=C(O)CCCCN(CCc1ccccc1OCc1ccc(CCc2ccccc2)cc1)Cc1ccc(C(=O)O)cc1. The summed E-state index contributed by atoms with van der Waals surface area (Å²) in [5, 5.41) is 42.7. The Bertz CT molecular complexity index is 2910. The highest BCUT2D eigenvalue weighted by atomic mass is 35.5. The number of aliphatic hydroxyl groups excluding tert-OH is 1. The van der Waals surface area contributed by atoms with Gasteiger partial charge in [-0.3, -0.25) is 9.69 Å². The molecule has 0 aliphatic heterocycles. The van der Waals surface area contributed by atoms with Crippen molar-refractivity contribution in [2.75, 3.05) is 13.1 Å². The maximum Gasteiger partial charge on any atom is 0.335 e. The number of aryl methyl sites for hydroxylation is 3. The smallest absolute Gasteiger partial charge is 0.335 e. The molecule has 0 bridgehead atoms. The standard InChI is InChI=1S/C36H39NO5.C22H23ClN6O/c38-35(39)12-6-7-24-37(26-30-19-21-33(22-20-30)36(40)41)25-23-32-10-4-5-11-34(32)42-27-31-17-15-29(16-18-31)14-13-28-8-2-1-3-9-28;1-2-3-8-20-24-21(23)19(14-30)29(20)13-15-9-11-16(12-10-15)17-6-4-5-7-18(17)22-25-27-28-26-22/h1-5,8-11,15-22H,6-7,12-14,23-27H2,(H,38,39)(H,40,41);4-7,9-12,30H,2-3,8,13-14H2,1H3,(H,25,26,27,28). The fourth-order valence-electron chi connectivity index (χ4n) is 8.47. The van der Waals surface area contributed by atoms with E-state index in [1.54, 1.807) is 12.1 Å². The summed E-state index contributed by atoms with van der Waals surface area (Å²) in [6.07, 6.45) is 7.31. The molecule has 8 aromatic rings. The zero-order chi connectivity index (χ0) is 50.5. The van der Waals surface area contributed by atoms with Crippen LogP contribution >= 0.6 is 11.6 Å². The van der Waals surface area contributed by atoms with Gasteiger partial charge in [-0.25, -0.2) is 9.78 Å². The van der Waals surface area contributed by atoms with Crippen molar-refractivity contribution < 1.29 is 29.6 Å². The van der Waals surface area contributed by atoms with Crippen molar-refractivity contribution >= 4 is 23.5 Å². The molecular weight excluding hydrogens is 926 g/mol. The Labute approximate surface area is 426 Å². The molecule has 0 aliphatic rings. The van der Waals surface area contributed by atoms with Gasteiger partial charge in [0.05, 0.1) is 17.9 Å². The number of hydrogen-bond donors (Lipinski definition) is 4. The number of tetrazole rings is 1. The fourth-order valence-corrected chi connectivity index (χ4v) is 8.72. The minimum Gasteiger partial charge on any atom is -0.489 e. The minimum atomic E-state index is -0.942. The number of aromatic nitrogens is 6. The number of carboxylic acid groups (broad SMARTS) is 2. The first-order valence-electron chi connectivity index (χ1n) is 24.5. The monoisotopic (exact) mass is 987 g/mol. The molecule has 0 fully saturated rings. The highest BCUT2D eigenvalue weighted by Gasteiger charge is 2.17. The van der Waals surface area contributed by atoms with Crippen molar-refractivity contribution in [1.29, 1.82) is 0 Å². The molecule has 0 amide bonds. The average molecular weight is 989 g/mol. The van der Waals surface area contributed by atoms with Gasteiger partial charge in [0.25, 0.3) is 0 Å². The molecule has 0 aliphatic carbocycles. The summed E-state index contributed by atoms with van der Waals surface area (Å²) in [4.78, 5) is 28.9. The summed E-state index contributed by atoms with van der Waals surface area (Å²) in [7, 11) is 0. The van der Waals surface area contributed by atoms with Crippen LogP contribution in [0.4, 0.5) is 0 Å². The van der Waals surface area contributed by atoms with Gasteiger partial charge in [-0.05, 0) is 113 Å². The Morgan fingerprint density at radius 2 is 1.33 bits per heavy atom. The number of nitrogens with one attached hydrogen (secondary N) is 1. The number of nitrogens with zero attached hydrogens (tertiary/aromatic N) is 6. The number of imidazole rings is 1. The van der Waals surface area contributed by atoms with Crippen LogP contribution in [0.25, 0.3) is 22.5 Å². The van der Waals surface area contributed by atoms with Crippen molar-refractivity contribution in [3.8, 4) is 28.3 Å². The van der Waals surface area contributed by atoms with E-state index >= 15 is 0 Å². The van der Waals surface area contributed by atoms with E-state index in [1.165, 1.54) is 11.1 Å². The maximum absolute atomic E-state index is 11.2. The van der Waals surface area contributed by atoms with Gasteiger partial charge >= 0.3 is 11.9 Å². The average Bonchev–Trinajstić information content (AvgIpc) is 4.06. The van der Waals surface area contributed by atoms with E-state index in [9.17, 15) is 19.8 Å². The van der Waals surface area contributed by atoms with Gasteiger partial charge in [0.2, 0.25) is 5.82 Å². The van der Waals surface area contributed by atoms with Crippen LogP contribution in [-0.4, -0.2) is 75.4 Å². The Balaban J connectivity index is 0.000000223. The van der Waals surface area contributed by atoms with Gasteiger partial charge in [-0.15, -0.1) is 10.2 Å². The molecule has 0 saturated carbocycles. The molecule has 0 spiro atoms. The van der Waals surface area contributed by atoms with Crippen LogP contribution in [0, 0.1) is 0 Å². The first-order valence-corrected chi connectivity index (χ1v) is 24.9. The third-order valence-electron chi connectivity index (χ3n) is 12.5. The van der Waals surface area contributed by atoms with Crippen molar-refractivity contribution in [3.05, 3.63) is 207 Å². The number of rotatable bonds is 25. The topological polar surface area (TPSA) is 180 Å². The number of aromatic carboxylic acids is 1. The summed E-state index contributed by atoms with van der Waals surface area (Å²) < 4.78 is 8.29. The Kier molecular flexibility index (Phi) is 19.8. The predicted molar refractivity (Wildman–Crippen MR) is 281 cm³/mol. The second-order valence-corrected chi connectivity index (χ2v) is 18.0. The Morgan fingerprint density at radius 3 is 2.01 bits per heavy atom. The Morgan fingerprint density at radius 1 is 0.681 bits per heavy atom. The van der Waals surface area contributed by atoms with Crippen molar-refractivity contribution in [3.63, 3.8) is 0 Å². The van der Waals surface area contributed by atoms with Gasteiger partial charge in [0.1, 0.15) is 18.2 Å². The number of benzene rings is 6. The first-order chi connectivity index (χ1) is 35.2. The molecule has 0 atom stereocenters. The maximum atomic E-state index is 11.2. The highest BCUT2D eigenvalue weighted by Crippen LogP contribution is 2.30. The Hall–Kier alpha value is -7.45. The summed E-state index contributed by atoms with van der Waals surface area (Å²) in [5.41, 5.74) is 11.0. The minimum absolute atomic E-state index is 0.131. The van der Waals surface area contributed by atoms with Crippen molar-refractivity contribution in [2.24, 2.45) is 0 Å². The molecule has 6 aromatic carbocycles. The van der Waals surface area contributed by atoms with Gasteiger partial charge in [0, 0.05) is 38.0 Å². The largest absolute Gasteiger partial charge is 0.489 e. The first kappa shape index (κ1) is 52.4. The van der Waals surface area contributed by atoms with Gasteiger partial charge in [0.15, 0.2) is 5.15 Å². The van der Waals surface area contributed by atoms with E-state index in [1.807, 2.05) is 65.2 Å². The van der Waals surface area contributed by atoms with Crippen LogP contribution in [0.1, 0.15) is 94.3 Å². The van der Waals surface area contributed by atoms with Crippen LogP contribution in [0.5, 0.6) is 5.75 Å². The number of unbranched alkanes of at least 4 members (excludes halogenated alkanes) is 2. The summed E-state index contributed by atoms with van der Waals surface area (Å²) >= 11 is 6.26. The van der Waals surface area contributed by atoms with Gasteiger partial charge in [-0.1, -0.05) is 158 Å². The number of H-pyrrole nitrogens is 1. The lowest BCUT2D eigenvalue weighted by Gasteiger charge is -2.23. The van der Waals surface area contributed by atoms with E-state index in [0.717, 1.165) is 109 Å². The number of carbonyl (C=O) groups is 2. The second kappa shape index (κ2) is 27.2. The molecule has 0 saturated heterocycles. The molecule has 14 heteroatoms. The van der Waals surface area contributed by atoms with E-state index in [0.29, 0.717) is 42.8 Å². The number of halogens is 1.